The molecule has 2 aliphatic carbocycles. The van der Waals surface area contributed by atoms with Crippen LogP contribution in [0.3, 0.4) is 0 Å². The maximum absolute atomic E-state index is 6.18. The van der Waals surface area contributed by atoms with Gasteiger partial charge in [-0.3, -0.25) is 4.90 Å². The van der Waals surface area contributed by atoms with E-state index in [9.17, 15) is 0 Å². The van der Waals surface area contributed by atoms with Crippen molar-refractivity contribution in [3.8, 4) is 0 Å². The lowest BCUT2D eigenvalue weighted by Crippen LogP contribution is -2.60. The Morgan fingerprint density at radius 2 is 1.65 bits per heavy atom. The molecule has 0 spiro atoms. The van der Waals surface area contributed by atoms with Crippen molar-refractivity contribution >= 4 is 0 Å². The minimum Gasteiger partial charge on any atom is -0.329 e. The highest BCUT2D eigenvalue weighted by Gasteiger charge is 2.45. The van der Waals surface area contributed by atoms with Gasteiger partial charge in [-0.25, -0.2) is 0 Å². The van der Waals surface area contributed by atoms with Gasteiger partial charge < -0.3 is 5.73 Å². The molecule has 2 nitrogen and oxygen atoms in total. The molecule has 2 atom stereocenters. The van der Waals surface area contributed by atoms with Crippen molar-refractivity contribution < 1.29 is 0 Å². The number of nitrogens with two attached hydrogens (primary N) is 1. The van der Waals surface area contributed by atoms with E-state index in [1.165, 1.54) is 70.8 Å². The van der Waals surface area contributed by atoms with Crippen molar-refractivity contribution in [2.75, 3.05) is 13.1 Å². The maximum Gasteiger partial charge on any atom is 0.0334 e. The average molecular weight is 236 g/mol. The van der Waals surface area contributed by atoms with E-state index in [1.807, 2.05) is 0 Å². The van der Waals surface area contributed by atoms with Crippen molar-refractivity contribution in [3.63, 3.8) is 0 Å². The van der Waals surface area contributed by atoms with Crippen molar-refractivity contribution in [1.29, 1.82) is 0 Å². The lowest BCUT2D eigenvalue weighted by atomic mass is 9.75. The van der Waals surface area contributed by atoms with Gasteiger partial charge in [0, 0.05) is 18.1 Å². The summed E-state index contributed by atoms with van der Waals surface area (Å²) in [5, 5.41) is 0. The van der Waals surface area contributed by atoms with Crippen molar-refractivity contribution in [3.05, 3.63) is 0 Å². The molecule has 0 aromatic rings. The molecular formula is C15H28N2. The van der Waals surface area contributed by atoms with Crippen LogP contribution in [0.5, 0.6) is 0 Å². The Labute approximate surface area is 106 Å². The average Bonchev–Trinajstić information content (AvgIpc) is 2.88. The summed E-state index contributed by atoms with van der Waals surface area (Å²) in [6.07, 6.45) is 14.3. The molecule has 2 heteroatoms. The van der Waals surface area contributed by atoms with Crippen LogP contribution < -0.4 is 5.73 Å². The molecule has 17 heavy (non-hydrogen) atoms. The zero-order valence-electron chi connectivity index (χ0n) is 11.2. The minimum atomic E-state index is 0.403. The van der Waals surface area contributed by atoms with E-state index in [0.717, 1.165) is 18.5 Å². The fraction of sp³-hybridized carbons (Fsp3) is 1.00. The summed E-state index contributed by atoms with van der Waals surface area (Å²) in [6.45, 7) is 2.23. The second kappa shape index (κ2) is 4.89. The standard InChI is InChI=1S/C15H28N2/c16-12-15(9-3-4-10-15)17-11-5-7-13-6-1-2-8-14(13)17/h13-14H,1-12,16H2. The second-order valence-electron chi connectivity index (χ2n) is 6.58. The summed E-state index contributed by atoms with van der Waals surface area (Å²) in [5.41, 5.74) is 6.58. The molecule has 3 aliphatic rings. The van der Waals surface area contributed by atoms with Crippen LogP contribution in [-0.4, -0.2) is 29.6 Å². The fourth-order valence-electron chi connectivity index (χ4n) is 4.86. The van der Waals surface area contributed by atoms with Crippen LogP contribution in [0.15, 0.2) is 0 Å². The van der Waals surface area contributed by atoms with Crippen LogP contribution >= 0.6 is 0 Å². The number of hydrogen-bond donors (Lipinski definition) is 1. The normalized spacial score (nSPS) is 37.9. The number of nitrogens with zero attached hydrogens (tertiary/aromatic N) is 1. The first-order valence-corrected chi connectivity index (χ1v) is 7.83. The smallest absolute Gasteiger partial charge is 0.0334 e. The molecule has 1 saturated heterocycles. The van der Waals surface area contributed by atoms with Crippen molar-refractivity contribution in [2.45, 2.75) is 75.8 Å². The number of hydrogen-bond acceptors (Lipinski definition) is 2. The number of piperidine rings is 1. The monoisotopic (exact) mass is 236 g/mol. The Balaban J connectivity index is 1.79. The number of likely N-dealkylation sites (tertiary alicyclic amines) is 1. The molecule has 3 rings (SSSR count). The molecule has 0 aromatic heterocycles. The van der Waals surface area contributed by atoms with E-state index in [1.54, 1.807) is 0 Å². The van der Waals surface area contributed by atoms with E-state index in [4.69, 9.17) is 5.73 Å². The van der Waals surface area contributed by atoms with Gasteiger partial charge in [-0.15, -0.1) is 0 Å². The topological polar surface area (TPSA) is 29.3 Å². The van der Waals surface area contributed by atoms with Gasteiger partial charge in [0.1, 0.15) is 0 Å². The molecule has 0 amide bonds. The molecule has 2 N–H and O–H groups in total. The molecule has 2 unspecified atom stereocenters. The molecular weight excluding hydrogens is 208 g/mol. The number of fused-ring (bicyclic) bond motifs is 1. The summed E-state index contributed by atoms with van der Waals surface area (Å²) >= 11 is 0. The molecule has 0 aromatic carbocycles. The van der Waals surface area contributed by atoms with Gasteiger partial charge in [-0.1, -0.05) is 25.7 Å². The minimum absolute atomic E-state index is 0.403. The predicted molar refractivity (Wildman–Crippen MR) is 71.9 cm³/mol. The largest absolute Gasteiger partial charge is 0.329 e. The molecule has 3 fully saturated rings. The van der Waals surface area contributed by atoms with Crippen LogP contribution in [0.1, 0.15) is 64.2 Å². The molecule has 0 radical (unpaired) electrons. The Kier molecular flexibility index (Phi) is 3.45. The van der Waals surface area contributed by atoms with Crippen LogP contribution in [0.25, 0.3) is 0 Å². The first-order chi connectivity index (χ1) is 8.36. The van der Waals surface area contributed by atoms with Crippen LogP contribution in [-0.2, 0) is 0 Å². The molecule has 98 valence electrons. The summed E-state index contributed by atoms with van der Waals surface area (Å²) < 4.78 is 0. The highest BCUT2D eigenvalue weighted by Crippen LogP contribution is 2.43. The fourth-order valence-corrected chi connectivity index (χ4v) is 4.86. The van der Waals surface area contributed by atoms with Crippen LogP contribution in [0.2, 0.25) is 0 Å². The third-order valence-corrected chi connectivity index (χ3v) is 5.77. The molecule has 2 saturated carbocycles. The van der Waals surface area contributed by atoms with E-state index >= 15 is 0 Å². The lowest BCUT2D eigenvalue weighted by molar-refractivity contribution is -0.0228. The highest BCUT2D eigenvalue weighted by molar-refractivity contribution is 5.01. The molecule has 1 heterocycles. The Morgan fingerprint density at radius 1 is 0.941 bits per heavy atom. The van der Waals surface area contributed by atoms with Crippen LogP contribution in [0, 0.1) is 5.92 Å². The highest BCUT2D eigenvalue weighted by atomic mass is 15.2. The van der Waals surface area contributed by atoms with E-state index in [2.05, 4.69) is 4.90 Å². The van der Waals surface area contributed by atoms with E-state index in [-0.39, 0.29) is 0 Å². The predicted octanol–water partition coefficient (Wildman–Crippen LogP) is 2.91. The number of rotatable bonds is 2. The SMILES string of the molecule is NCC1(N2CCCC3CCCCC32)CCCC1. The van der Waals surface area contributed by atoms with Gasteiger partial charge in [0.2, 0.25) is 0 Å². The quantitative estimate of drug-likeness (QED) is 0.799. The summed E-state index contributed by atoms with van der Waals surface area (Å²) in [5.74, 6) is 1.00. The summed E-state index contributed by atoms with van der Waals surface area (Å²) in [4.78, 5) is 2.88. The van der Waals surface area contributed by atoms with E-state index in [0.29, 0.717) is 5.54 Å². The summed E-state index contributed by atoms with van der Waals surface area (Å²) in [6, 6.07) is 0.888. The Bertz CT molecular complexity index is 256. The zero-order chi connectivity index (χ0) is 11.7. The third kappa shape index (κ3) is 2.04. The summed E-state index contributed by atoms with van der Waals surface area (Å²) in [7, 11) is 0. The van der Waals surface area contributed by atoms with Gasteiger partial charge in [-0.2, -0.15) is 0 Å². The zero-order valence-corrected chi connectivity index (χ0v) is 11.2. The van der Waals surface area contributed by atoms with Gasteiger partial charge in [0.15, 0.2) is 0 Å². The van der Waals surface area contributed by atoms with Crippen molar-refractivity contribution in [2.24, 2.45) is 11.7 Å². The molecule has 0 bridgehead atoms. The third-order valence-electron chi connectivity index (χ3n) is 5.77. The second-order valence-corrected chi connectivity index (χ2v) is 6.58. The first kappa shape index (κ1) is 12.0. The Hall–Kier alpha value is -0.0800. The van der Waals surface area contributed by atoms with E-state index < -0.39 is 0 Å². The van der Waals surface area contributed by atoms with Gasteiger partial charge in [0.25, 0.3) is 0 Å². The van der Waals surface area contributed by atoms with Gasteiger partial charge in [0.05, 0.1) is 0 Å². The molecule has 1 aliphatic heterocycles. The Morgan fingerprint density at radius 3 is 2.41 bits per heavy atom. The maximum atomic E-state index is 6.18. The van der Waals surface area contributed by atoms with Gasteiger partial charge in [-0.05, 0) is 51.0 Å². The van der Waals surface area contributed by atoms with Crippen molar-refractivity contribution in [1.82, 2.24) is 4.90 Å². The first-order valence-electron chi connectivity index (χ1n) is 7.83. The van der Waals surface area contributed by atoms with Crippen LogP contribution in [0.4, 0.5) is 0 Å². The van der Waals surface area contributed by atoms with Gasteiger partial charge >= 0.3 is 0 Å². The lowest BCUT2D eigenvalue weighted by Gasteiger charge is -2.52.